The Hall–Kier alpha value is -1.02. The highest BCUT2D eigenvalue weighted by Gasteiger charge is 2.01. The topological polar surface area (TPSA) is 23.1 Å². The molecule has 0 heterocycles. The van der Waals surface area contributed by atoms with E-state index in [0.29, 0.717) is 0 Å². The summed E-state index contributed by atoms with van der Waals surface area (Å²) in [7, 11) is 3.94. The third kappa shape index (κ3) is 2.24. The Balaban J connectivity index is 2.90. The van der Waals surface area contributed by atoms with E-state index < -0.39 is 0 Å². The first-order chi connectivity index (χ1) is 5.59. The Morgan fingerprint density at radius 3 is 2.67 bits per heavy atom. The highest BCUT2D eigenvalue weighted by molar-refractivity contribution is 5.36. The number of hydrogen-bond acceptors (Lipinski definition) is 1. The van der Waals surface area contributed by atoms with Crippen LogP contribution in [0, 0.1) is 6.92 Å². The van der Waals surface area contributed by atoms with Crippen LogP contribution in [0.4, 0.5) is 0 Å². The molecule has 2 nitrogen and oxygen atoms in total. The Kier molecular flexibility index (Phi) is 2.71. The maximum absolute atomic E-state index is 11.0. The van der Waals surface area contributed by atoms with Gasteiger partial charge in [-0.2, -0.15) is 0 Å². The molecule has 12 heavy (non-hydrogen) atoms. The lowest BCUT2D eigenvalue weighted by Gasteiger charge is -2.11. The molecule has 64 valence electrons. The second-order valence-corrected chi connectivity index (χ2v) is 3.17. The summed E-state index contributed by atoms with van der Waals surface area (Å²) in [5.41, 5.74) is 1.94. The average Bonchev–Trinajstić information content (AvgIpc) is 1.96. The van der Waals surface area contributed by atoms with Gasteiger partial charge in [-0.15, -0.1) is 0 Å². The SMILES string of the molecule is [CH2]c1ccc([O])cc1CN(C)C. The summed E-state index contributed by atoms with van der Waals surface area (Å²) in [6.07, 6.45) is 0. The van der Waals surface area contributed by atoms with Gasteiger partial charge in [0.25, 0.3) is 0 Å². The minimum Gasteiger partial charge on any atom is -0.305 e. The van der Waals surface area contributed by atoms with Crippen molar-refractivity contribution >= 4 is 0 Å². The predicted molar refractivity (Wildman–Crippen MR) is 48.4 cm³/mol. The molecule has 0 aliphatic rings. The molecule has 0 aromatic heterocycles. The number of benzene rings is 1. The fourth-order valence-electron chi connectivity index (χ4n) is 1.09. The van der Waals surface area contributed by atoms with Crippen LogP contribution in [0.3, 0.4) is 0 Å². The summed E-state index contributed by atoms with van der Waals surface area (Å²) in [6, 6.07) is 4.95. The largest absolute Gasteiger partial charge is 0.305 e. The molecular formula is C10H13NO. The normalized spacial score (nSPS) is 10.7. The van der Waals surface area contributed by atoms with E-state index in [9.17, 15) is 5.11 Å². The number of rotatable bonds is 2. The smallest absolute Gasteiger partial charge is 0.178 e. The molecule has 0 aliphatic heterocycles. The van der Waals surface area contributed by atoms with E-state index in [1.165, 1.54) is 0 Å². The molecule has 0 aliphatic carbocycles. The Morgan fingerprint density at radius 2 is 2.08 bits per heavy atom. The zero-order valence-electron chi connectivity index (χ0n) is 7.50. The van der Waals surface area contributed by atoms with Crippen LogP contribution in [0.5, 0.6) is 5.75 Å². The minimum atomic E-state index is 0.0549. The lowest BCUT2D eigenvalue weighted by atomic mass is 10.1. The molecule has 0 bridgehead atoms. The van der Waals surface area contributed by atoms with Crippen molar-refractivity contribution in [1.82, 2.24) is 4.90 Å². The van der Waals surface area contributed by atoms with Crippen LogP contribution in [0.2, 0.25) is 0 Å². The molecule has 1 rings (SSSR count). The molecular weight excluding hydrogens is 150 g/mol. The second-order valence-electron chi connectivity index (χ2n) is 3.17. The molecule has 0 amide bonds. The third-order valence-electron chi connectivity index (χ3n) is 1.66. The first-order valence-corrected chi connectivity index (χ1v) is 3.86. The first kappa shape index (κ1) is 9.07. The summed E-state index contributed by atoms with van der Waals surface area (Å²) in [6.45, 7) is 4.62. The van der Waals surface area contributed by atoms with Gasteiger partial charge in [0.05, 0.1) is 0 Å². The second kappa shape index (κ2) is 3.59. The summed E-state index contributed by atoms with van der Waals surface area (Å²) < 4.78 is 0. The summed E-state index contributed by atoms with van der Waals surface area (Å²) in [5.74, 6) is 0.0549. The van der Waals surface area contributed by atoms with Gasteiger partial charge < -0.3 is 4.90 Å². The third-order valence-corrected chi connectivity index (χ3v) is 1.66. The van der Waals surface area contributed by atoms with Gasteiger partial charge in [0.2, 0.25) is 0 Å². The number of hydrogen-bond donors (Lipinski definition) is 0. The van der Waals surface area contributed by atoms with Gasteiger partial charge in [-0.1, -0.05) is 6.07 Å². The molecule has 0 fully saturated rings. The molecule has 2 heteroatoms. The molecule has 2 radical (unpaired) electrons. The van der Waals surface area contributed by atoms with Gasteiger partial charge >= 0.3 is 0 Å². The van der Waals surface area contributed by atoms with Crippen LogP contribution in [-0.4, -0.2) is 19.0 Å². The van der Waals surface area contributed by atoms with E-state index in [-0.39, 0.29) is 5.75 Å². The molecule has 0 spiro atoms. The quantitative estimate of drug-likeness (QED) is 0.654. The Morgan fingerprint density at radius 1 is 1.42 bits per heavy atom. The van der Waals surface area contributed by atoms with Crippen LogP contribution in [-0.2, 0) is 11.7 Å². The van der Waals surface area contributed by atoms with E-state index in [1.54, 1.807) is 18.2 Å². The van der Waals surface area contributed by atoms with Gasteiger partial charge in [0, 0.05) is 6.54 Å². The van der Waals surface area contributed by atoms with Gasteiger partial charge in [-0.05, 0) is 44.3 Å². The lowest BCUT2D eigenvalue weighted by Crippen LogP contribution is -2.11. The van der Waals surface area contributed by atoms with Crippen LogP contribution >= 0.6 is 0 Å². The van der Waals surface area contributed by atoms with Crippen LogP contribution in [0.15, 0.2) is 18.2 Å². The van der Waals surface area contributed by atoms with Crippen molar-refractivity contribution < 1.29 is 5.11 Å². The highest BCUT2D eigenvalue weighted by Crippen LogP contribution is 2.17. The van der Waals surface area contributed by atoms with Gasteiger partial charge in [-0.3, -0.25) is 5.11 Å². The average molecular weight is 163 g/mol. The standard InChI is InChI=1S/C10H13NO/c1-8-4-5-10(12)6-9(8)7-11(2)3/h4-6H,1,7H2,2-3H3. The van der Waals surface area contributed by atoms with Crippen molar-refractivity contribution in [3.8, 4) is 5.75 Å². The summed E-state index contributed by atoms with van der Waals surface area (Å²) in [5, 5.41) is 11.0. The monoisotopic (exact) mass is 163 g/mol. The van der Waals surface area contributed by atoms with Crippen molar-refractivity contribution in [1.29, 1.82) is 0 Å². The fourth-order valence-corrected chi connectivity index (χ4v) is 1.09. The zero-order valence-corrected chi connectivity index (χ0v) is 7.50. The molecule has 0 unspecified atom stereocenters. The molecule has 1 aromatic carbocycles. The summed E-state index contributed by atoms with van der Waals surface area (Å²) >= 11 is 0. The number of nitrogens with zero attached hydrogens (tertiary/aromatic N) is 1. The first-order valence-electron chi connectivity index (χ1n) is 3.86. The van der Waals surface area contributed by atoms with E-state index in [2.05, 4.69) is 6.92 Å². The molecule has 0 atom stereocenters. The van der Waals surface area contributed by atoms with Crippen LogP contribution in [0.25, 0.3) is 0 Å². The van der Waals surface area contributed by atoms with Crippen molar-refractivity contribution in [3.63, 3.8) is 0 Å². The van der Waals surface area contributed by atoms with Crippen molar-refractivity contribution in [2.24, 2.45) is 0 Å². The van der Waals surface area contributed by atoms with E-state index in [1.807, 2.05) is 19.0 Å². The Labute approximate surface area is 73.4 Å². The lowest BCUT2D eigenvalue weighted by molar-refractivity contribution is 0.351. The minimum absolute atomic E-state index is 0.0549. The van der Waals surface area contributed by atoms with Gasteiger partial charge in [0.15, 0.2) is 5.75 Å². The van der Waals surface area contributed by atoms with Crippen molar-refractivity contribution in [2.75, 3.05) is 14.1 Å². The maximum atomic E-state index is 11.0. The maximum Gasteiger partial charge on any atom is 0.178 e. The molecule has 1 aromatic rings. The van der Waals surface area contributed by atoms with E-state index >= 15 is 0 Å². The highest BCUT2D eigenvalue weighted by atomic mass is 16.3. The zero-order chi connectivity index (χ0) is 9.14. The van der Waals surface area contributed by atoms with Crippen LogP contribution in [0.1, 0.15) is 11.1 Å². The molecule has 0 saturated heterocycles. The van der Waals surface area contributed by atoms with Crippen molar-refractivity contribution in [2.45, 2.75) is 6.54 Å². The van der Waals surface area contributed by atoms with Gasteiger partial charge in [-0.25, -0.2) is 0 Å². The fraction of sp³-hybridized carbons (Fsp3) is 0.300. The summed E-state index contributed by atoms with van der Waals surface area (Å²) in [4.78, 5) is 2.02. The van der Waals surface area contributed by atoms with Crippen molar-refractivity contribution in [3.05, 3.63) is 36.2 Å². The van der Waals surface area contributed by atoms with E-state index in [4.69, 9.17) is 0 Å². The van der Waals surface area contributed by atoms with Gasteiger partial charge in [0.1, 0.15) is 0 Å². The van der Waals surface area contributed by atoms with E-state index in [0.717, 1.165) is 17.7 Å². The molecule has 0 N–H and O–H groups in total. The van der Waals surface area contributed by atoms with Crippen LogP contribution < -0.4 is 0 Å². The molecule has 0 saturated carbocycles. The predicted octanol–water partition coefficient (Wildman–Crippen LogP) is 2.07. The Bertz CT molecular complexity index is 269.